The highest BCUT2D eigenvalue weighted by atomic mass is 16.1. The van der Waals surface area contributed by atoms with Gasteiger partial charge in [0, 0.05) is 30.3 Å². The van der Waals surface area contributed by atoms with Gasteiger partial charge in [0.05, 0.1) is 6.54 Å². The molecule has 1 amide bonds. The summed E-state index contributed by atoms with van der Waals surface area (Å²) in [7, 11) is 0. The molecule has 0 aliphatic heterocycles. The molecule has 0 atom stereocenters. The van der Waals surface area contributed by atoms with Gasteiger partial charge in [-0.2, -0.15) is 4.80 Å². The monoisotopic (exact) mass is 438 g/mol. The maximum absolute atomic E-state index is 12.3. The van der Waals surface area contributed by atoms with E-state index >= 15 is 0 Å². The highest BCUT2D eigenvalue weighted by Crippen LogP contribution is 2.15. The Balaban J connectivity index is 1.10. The molecule has 2 aromatic carbocycles. The minimum Gasteiger partial charge on any atom is -0.326 e. The number of nitrogens with zero attached hydrogens (tertiary/aromatic N) is 7. The number of benzene rings is 2. The molecule has 33 heavy (non-hydrogen) atoms. The average molecular weight is 438 g/mol. The van der Waals surface area contributed by atoms with Crippen molar-refractivity contribution in [1.29, 1.82) is 0 Å². The first-order valence-electron chi connectivity index (χ1n) is 10.8. The van der Waals surface area contributed by atoms with Crippen LogP contribution < -0.4 is 5.32 Å². The van der Waals surface area contributed by atoms with Crippen molar-refractivity contribution >= 4 is 17.2 Å². The van der Waals surface area contributed by atoms with Crippen LogP contribution in [0.15, 0.2) is 79.0 Å². The molecule has 0 unspecified atom stereocenters. The number of carbonyl (C=O) groups is 1. The van der Waals surface area contributed by atoms with Crippen LogP contribution in [0.25, 0.3) is 17.0 Å². The lowest BCUT2D eigenvalue weighted by Crippen LogP contribution is -2.13. The highest BCUT2D eigenvalue weighted by molar-refractivity contribution is 5.90. The molecule has 9 nitrogen and oxygen atoms in total. The molecule has 5 aromatic rings. The number of pyridine rings is 1. The summed E-state index contributed by atoms with van der Waals surface area (Å²) in [5.74, 6) is 1.41. The number of anilines is 1. The molecule has 5 rings (SSSR count). The summed E-state index contributed by atoms with van der Waals surface area (Å²) in [6.45, 7) is 0.526. The molecule has 0 bridgehead atoms. The van der Waals surface area contributed by atoms with Crippen LogP contribution in [0, 0.1) is 0 Å². The number of aryl methyl sites for hydroxylation is 1. The molecule has 3 heterocycles. The van der Waals surface area contributed by atoms with Crippen molar-refractivity contribution in [1.82, 2.24) is 34.8 Å². The van der Waals surface area contributed by atoms with Gasteiger partial charge in [-0.3, -0.25) is 9.20 Å². The van der Waals surface area contributed by atoms with Crippen LogP contribution >= 0.6 is 0 Å². The molecule has 3 aromatic heterocycles. The Bertz CT molecular complexity index is 1360. The van der Waals surface area contributed by atoms with Gasteiger partial charge >= 0.3 is 0 Å². The van der Waals surface area contributed by atoms with E-state index in [2.05, 4.69) is 30.9 Å². The summed E-state index contributed by atoms with van der Waals surface area (Å²) in [6, 6.07) is 23.3. The lowest BCUT2D eigenvalue weighted by molar-refractivity contribution is -0.116. The SMILES string of the molecule is O=C(CCCn1nnc(-c2ccccc2)n1)Nc1ccc(Cc2nnc3ccccn23)cc1. The van der Waals surface area contributed by atoms with Gasteiger partial charge in [0.25, 0.3) is 0 Å². The van der Waals surface area contributed by atoms with Crippen molar-refractivity contribution in [2.75, 3.05) is 5.32 Å². The van der Waals surface area contributed by atoms with Crippen LogP contribution in [0.1, 0.15) is 24.2 Å². The number of aromatic nitrogens is 7. The highest BCUT2D eigenvalue weighted by Gasteiger charge is 2.08. The average Bonchev–Trinajstić information content (AvgIpc) is 3.49. The Morgan fingerprint density at radius 3 is 2.55 bits per heavy atom. The molecule has 1 N–H and O–H groups in total. The summed E-state index contributed by atoms with van der Waals surface area (Å²) < 4.78 is 1.97. The number of hydrogen-bond acceptors (Lipinski definition) is 6. The first kappa shape index (κ1) is 20.5. The molecule has 164 valence electrons. The molecule has 0 saturated heterocycles. The zero-order valence-corrected chi connectivity index (χ0v) is 17.9. The van der Waals surface area contributed by atoms with E-state index in [0.29, 0.717) is 31.6 Å². The van der Waals surface area contributed by atoms with E-state index in [0.717, 1.165) is 28.3 Å². The Labute approximate surface area is 190 Å². The first-order chi connectivity index (χ1) is 16.2. The number of fused-ring (bicyclic) bond motifs is 1. The van der Waals surface area contributed by atoms with Crippen LogP contribution in [0.2, 0.25) is 0 Å². The second kappa shape index (κ2) is 9.39. The lowest BCUT2D eigenvalue weighted by atomic mass is 10.1. The molecule has 0 radical (unpaired) electrons. The van der Waals surface area contributed by atoms with Crippen LogP contribution in [-0.2, 0) is 17.8 Å². The minimum atomic E-state index is -0.0467. The fraction of sp³-hybridized carbons (Fsp3) is 0.167. The van der Waals surface area contributed by atoms with E-state index in [1.54, 1.807) is 0 Å². The van der Waals surface area contributed by atoms with Crippen molar-refractivity contribution in [2.24, 2.45) is 0 Å². The lowest BCUT2D eigenvalue weighted by Gasteiger charge is -2.06. The van der Waals surface area contributed by atoms with E-state index in [1.807, 2.05) is 83.4 Å². The Morgan fingerprint density at radius 2 is 1.70 bits per heavy atom. The third-order valence-electron chi connectivity index (χ3n) is 5.23. The molecule has 0 saturated carbocycles. The predicted molar refractivity (Wildman–Crippen MR) is 123 cm³/mol. The zero-order chi connectivity index (χ0) is 22.5. The summed E-state index contributed by atoms with van der Waals surface area (Å²) in [4.78, 5) is 13.8. The molecular formula is C24H22N8O. The predicted octanol–water partition coefficient (Wildman–Crippen LogP) is 3.39. The van der Waals surface area contributed by atoms with Crippen molar-refractivity contribution in [2.45, 2.75) is 25.8 Å². The first-order valence-corrected chi connectivity index (χ1v) is 10.8. The van der Waals surface area contributed by atoms with Gasteiger partial charge < -0.3 is 5.32 Å². The smallest absolute Gasteiger partial charge is 0.224 e. The van der Waals surface area contributed by atoms with Gasteiger partial charge in [-0.1, -0.05) is 48.5 Å². The number of hydrogen-bond donors (Lipinski definition) is 1. The molecule has 9 heteroatoms. The standard InChI is InChI=1S/C24H22N8O/c33-23(10-6-16-32-29-24(28-30-32)19-7-2-1-3-8-19)25-20-13-11-18(12-14-20)17-22-27-26-21-9-4-5-15-31(21)22/h1-5,7-9,11-15H,6,10,16-17H2,(H,25,33). The van der Waals surface area contributed by atoms with E-state index in [4.69, 9.17) is 0 Å². The van der Waals surface area contributed by atoms with Gasteiger partial charge in [-0.25, -0.2) is 0 Å². The quantitative estimate of drug-likeness (QED) is 0.398. The Hall–Kier alpha value is -4.40. The summed E-state index contributed by atoms with van der Waals surface area (Å²) in [5, 5.41) is 23.9. The number of nitrogens with one attached hydrogen (secondary N) is 1. The zero-order valence-electron chi connectivity index (χ0n) is 17.9. The third kappa shape index (κ3) is 4.93. The second-order valence-corrected chi connectivity index (χ2v) is 7.65. The molecule has 0 aliphatic carbocycles. The number of rotatable bonds is 8. The number of tetrazole rings is 1. The Morgan fingerprint density at radius 1 is 0.879 bits per heavy atom. The molecule has 0 aliphatic rings. The molecular weight excluding hydrogens is 416 g/mol. The van der Waals surface area contributed by atoms with Crippen LogP contribution in [-0.4, -0.2) is 40.7 Å². The fourth-order valence-electron chi connectivity index (χ4n) is 3.55. The fourth-order valence-corrected chi connectivity index (χ4v) is 3.55. The summed E-state index contributed by atoms with van der Waals surface area (Å²) in [6.07, 6.45) is 3.61. The van der Waals surface area contributed by atoms with Gasteiger partial charge in [0.2, 0.25) is 11.7 Å². The number of amides is 1. The molecule has 0 fully saturated rings. The normalized spacial score (nSPS) is 11.0. The van der Waals surface area contributed by atoms with E-state index in [-0.39, 0.29) is 5.91 Å². The minimum absolute atomic E-state index is 0.0467. The van der Waals surface area contributed by atoms with Crippen LogP contribution in [0.5, 0.6) is 0 Å². The van der Waals surface area contributed by atoms with Gasteiger partial charge in [-0.15, -0.1) is 20.4 Å². The van der Waals surface area contributed by atoms with E-state index in [9.17, 15) is 4.79 Å². The Kier molecular flexibility index (Phi) is 5.83. The van der Waals surface area contributed by atoms with Crippen molar-refractivity contribution in [3.05, 3.63) is 90.4 Å². The van der Waals surface area contributed by atoms with Crippen molar-refractivity contribution < 1.29 is 4.79 Å². The summed E-state index contributed by atoms with van der Waals surface area (Å²) in [5.41, 5.74) is 3.61. The second-order valence-electron chi connectivity index (χ2n) is 7.65. The van der Waals surface area contributed by atoms with Crippen molar-refractivity contribution in [3.63, 3.8) is 0 Å². The summed E-state index contributed by atoms with van der Waals surface area (Å²) >= 11 is 0. The largest absolute Gasteiger partial charge is 0.326 e. The third-order valence-corrected chi connectivity index (χ3v) is 5.23. The maximum Gasteiger partial charge on any atom is 0.224 e. The van der Waals surface area contributed by atoms with Gasteiger partial charge in [-0.05, 0) is 41.5 Å². The maximum atomic E-state index is 12.3. The number of carbonyl (C=O) groups excluding carboxylic acids is 1. The van der Waals surface area contributed by atoms with Gasteiger partial charge in [0.1, 0.15) is 5.82 Å². The topological polar surface area (TPSA) is 103 Å². The molecule has 0 spiro atoms. The van der Waals surface area contributed by atoms with Crippen molar-refractivity contribution in [3.8, 4) is 11.4 Å². The van der Waals surface area contributed by atoms with Crippen LogP contribution in [0.3, 0.4) is 0 Å². The van der Waals surface area contributed by atoms with Crippen LogP contribution in [0.4, 0.5) is 5.69 Å². The van der Waals surface area contributed by atoms with E-state index < -0.39 is 0 Å². The van der Waals surface area contributed by atoms with Gasteiger partial charge in [0.15, 0.2) is 5.65 Å². The van der Waals surface area contributed by atoms with E-state index in [1.165, 1.54) is 4.80 Å².